The van der Waals surface area contributed by atoms with E-state index in [1.54, 1.807) is 13.2 Å². The number of carboxylic acids is 1. The molecule has 108 valence electrons. The zero-order valence-electron chi connectivity index (χ0n) is 11.6. The maximum atomic E-state index is 11.3. The van der Waals surface area contributed by atoms with E-state index in [1.807, 2.05) is 36.4 Å². The molecule has 0 spiro atoms. The summed E-state index contributed by atoms with van der Waals surface area (Å²) in [6.07, 6.45) is 1.43. The molecule has 0 atom stereocenters. The van der Waals surface area contributed by atoms with E-state index < -0.39 is 11.4 Å². The van der Waals surface area contributed by atoms with E-state index in [-0.39, 0.29) is 0 Å². The van der Waals surface area contributed by atoms with Crippen LogP contribution in [0.1, 0.15) is 18.4 Å². The van der Waals surface area contributed by atoms with Crippen LogP contribution in [-0.4, -0.2) is 18.2 Å². The third kappa shape index (κ3) is 2.38. The molecule has 3 rings (SSSR count). The molecule has 1 saturated carbocycles. The number of carbonyl (C=O) groups is 1. The van der Waals surface area contributed by atoms with Gasteiger partial charge in [-0.05, 0) is 42.2 Å². The van der Waals surface area contributed by atoms with Crippen molar-refractivity contribution in [2.45, 2.75) is 18.3 Å². The second-order valence-corrected chi connectivity index (χ2v) is 5.75. The summed E-state index contributed by atoms with van der Waals surface area (Å²) in [4.78, 5) is 11.3. The van der Waals surface area contributed by atoms with Gasteiger partial charge in [0, 0.05) is 10.6 Å². The minimum atomic E-state index is -0.737. The lowest BCUT2D eigenvalue weighted by Gasteiger charge is -2.12. The van der Waals surface area contributed by atoms with Crippen molar-refractivity contribution in [1.82, 2.24) is 0 Å². The molecule has 2 aromatic rings. The second kappa shape index (κ2) is 5.08. The van der Waals surface area contributed by atoms with Crippen molar-refractivity contribution in [2.75, 3.05) is 7.11 Å². The highest BCUT2D eigenvalue weighted by molar-refractivity contribution is 6.30. The Morgan fingerprint density at radius 1 is 1.19 bits per heavy atom. The summed E-state index contributed by atoms with van der Waals surface area (Å²) in [6.45, 7) is 0. The zero-order chi connectivity index (χ0) is 15.0. The molecule has 0 aromatic heterocycles. The van der Waals surface area contributed by atoms with Crippen molar-refractivity contribution in [1.29, 1.82) is 0 Å². The molecule has 0 amide bonds. The normalized spacial score (nSPS) is 15.5. The van der Waals surface area contributed by atoms with Gasteiger partial charge in [0.15, 0.2) is 0 Å². The molecular weight excluding hydrogens is 288 g/mol. The molecule has 21 heavy (non-hydrogen) atoms. The van der Waals surface area contributed by atoms with Crippen LogP contribution >= 0.6 is 11.6 Å². The Kier molecular flexibility index (Phi) is 3.38. The summed E-state index contributed by atoms with van der Waals surface area (Å²) in [6, 6.07) is 13.1. The number of carboxylic acid groups (broad SMARTS) is 1. The van der Waals surface area contributed by atoms with Gasteiger partial charge in [-0.3, -0.25) is 4.79 Å². The van der Waals surface area contributed by atoms with E-state index in [0.717, 1.165) is 16.7 Å². The number of ether oxygens (including phenoxy) is 1. The molecule has 3 nitrogen and oxygen atoms in total. The smallest absolute Gasteiger partial charge is 0.314 e. The average Bonchev–Trinajstić information content (AvgIpc) is 3.29. The first-order chi connectivity index (χ1) is 10.1. The third-order valence-electron chi connectivity index (χ3n) is 4.07. The van der Waals surface area contributed by atoms with E-state index in [1.165, 1.54) is 0 Å². The first-order valence-corrected chi connectivity index (χ1v) is 7.12. The number of rotatable bonds is 4. The molecule has 1 fully saturated rings. The van der Waals surface area contributed by atoms with Crippen LogP contribution in [0.2, 0.25) is 5.02 Å². The highest BCUT2D eigenvalue weighted by Crippen LogP contribution is 2.48. The van der Waals surface area contributed by atoms with Crippen molar-refractivity contribution in [3.63, 3.8) is 0 Å². The van der Waals surface area contributed by atoms with E-state index in [4.69, 9.17) is 16.3 Å². The molecule has 0 saturated heterocycles. The highest BCUT2D eigenvalue weighted by Gasteiger charge is 2.51. The number of hydrogen-bond acceptors (Lipinski definition) is 2. The third-order valence-corrected chi connectivity index (χ3v) is 4.31. The Morgan fingerprint density at radius 2 is 1.86 bits per heavy atom. The fraction of sp³-hybridized carbons (Fsp3) is 0.235. The lowest BCUT2D eigenvalue weighted by atomic mass is 9.93. The Bertz CT molecular complexity index is 688. The Hall–Kier alpha value is -2.00. The van der Waals surface area contributed by atoms with Gasteiger partial charge in [0.1, 0.15) is 5.75 Å². The van der Waals surface area contributed by atoms with E-state index in [2.05, 4.69) is 0 Å². The van der Waals surface area contributed by atoms with Crippen molar-refractivity contribution >= 4 is 17.6 Å². The SMILES string of the molecule is COc1cc(Cl)ccc1-c1ccc(C2(C(=O)O)CC2)cc1. The van der Waals surface area contributed by atoms with Crippen LogP contribution in [0.15, 0.2) is 42.5 Å². The fourth-order valence-corrected chi connectivity index (χ4v) is 2.79. The molecule has 0 aliphatic heterocycles. The Labute approximate surface area is 128 Å². The lowest BCUT2D eigenvalue weighted by molar-refractivity contribution is -0.140. The van der Waals surface area contributed by atoms with Crippen molar-refractivity contribution in [3.05, 3.63) is 53.1 Å². The van der Waals surface area contributed by atoms with Crippen molar-refractivity contribution < 1.29 is 14.6 Å². The summed E-state index contributed by atoms with van der Waals surface area (Å²) in [5, 5.41) is 9.94. The molecule has 0 radical (unpaired) electrons. The summed E-state index contributed by atoms with van der Waals surface area (Å²) in [5.41, 5.74) is 2.12. The highest BCUT2D eigenvalue weighted by atomic mass is 35.5. The van der Waals surface area contributed by atoms with Gasteiger partial charge in [-0.25, -0.2) is 0 Å². The fourth-order valence-electron chi connectivity index (χ4n) is 2.62. The number of aliphatic carboxylic acids is 1. The van der Waals surface area contributed by atoms with Gasteiger partial charge in [0.05, 0.1) is 12.5 Å². The van der Waals surface area contributed by atoms with Crippen LogP contribution in [0.25, 0.3) is 11.1 Å². The topological polar surface area (TPSA) is 46.5 Å². The van der Waals surface area contributed by atoms with Gasteiger partial charge >= 0.3 is 5.97 Å². The summed E-state index contributed by atoms with van der Waals surface area (Å²) < 4.78 is 5.35. The predicted molar refractivity (Wildman–Crippen MR) is 82.0 cm³/mol. The predicted octanol–water partition coefficient (Wildman–Crippen LogP) is 4.13. The first-order valence-electron chi connectivity index (χ1n) is 6.75. The quantitative estimate of drug-likeness (QED) is 0.923. The van der Waals surface area contributed by atoms with Gasteiger partial charge in [-0.15, -0.1) is 0 Å². The monoisotopic (exact) mass is 302 g/mol. The summed E-state index contributed by atoms with van der Waals surface area (Å²) in [5.74, 6) is -0.0334. The molecule has 4 heteroatoms. The zero-order valence-corrected chi connectivity index (χ0v) is 12.4. The minimum absolute atomic E-state index is 0.620. The van der Waals surface area contributed by atoms with Crippen molar-refractivity contribution in [3.8, 4) is 16.9 Å². The summed E-state index contributed by atoms with van der Waals surface area (Å²) >= 11 is 5.97. The van der Waals surface area contributed by atoms with Gasteiger partial charge in [-0.1, -0.05) is 35.9 Å². The van der Waals surface area contributed by atoms with Gasteiger partial charge in [0.25, 0.3) is 0 Å². The number of benzene rings is 2. The lowest BCUT2D eigenvalue weighted by Crippen LogP contribution is -2.19. The maximum Gasteiger partial charge on any atom is 0.314 e. The molecule has 1 aliphatic carbocycles. The molecule has 0 heterocycles. The second-order valence-electron chi connectivity index (χ2n) is 5.31. The minimum Gasteiger partial charge on any atom is -0.496 e. The molecule has 2 aromatic carbocycles. The molecule has 1 aliphatic rings. The van der Waals surface area contributed by atoms with Crippen molar-refractivity contribution in [2.24, 2.45) is 0 Å². The summed E-state index contributed by atoms with van der Waals surface area (Å²) in [7, 11) is 1.60. The number of halogens is 1. The van der Waals surface area contributed by atoms with Crippen LogP contribution in [0, 0.1) is 0 Å². The molecule has 1 N–H and O–H groups in total. The van der Waals surface area contributed by atoms with E-state index >= 15 is 0 Å². The molecule has 0 unspecified atom stereocenters. The van der Waals surface area contributed by atoms with Gasteiger partial charge < -0.3 is 9.84 Å². The largest absolute Gasteiger partial charge is 0.496 e. The van der Waals surface area contributed by atoms with Crippen LogP contribution in [-0.2, 0) is 10.2 Å². The molecular formula is C17H15ClO3. The van der Waals surface area contributed by atoms with E-state index in [0.29, 0.717) is 23.6 Å². The van der Waals surface area contributed by atoms with Crippen LogP contribution < -0.4 is 4.74 Å². The maximum absolute atomic E-state index is 11.3. The Balaban J connectivity index is 1.97. The number of hydrogen-bond donors (Lipinski definition) is 1. The van der Waals surface area contributed by atoms with Gasteiger partial charge in [0.2, 0.25) is 0 Å². The van der Waals surface area contributed by atoms with Crippen LogP contribution in [0.4, 0.5) is 0 Å². The van der Waals surface area contributed by atoms with Gasteiger partial charge in [-0.2, -0.15) is 0 Å². The first kappa shape index (κ1) is 14.0. The van der Waals surface area contributed by atoms with Crippen LogP contribution in [0.5, 0.6) is 5.75 Å². The average molecular weight is 303 g/mol. The standard InChI is InChI=1S/C17H15ClO3/c1-21-15-10-13(18)6-7-14(15)11-2-4-12(5-3-11)17(8-9-17)16(19)20/h2-7,10H,8-9H2,1H3,(H,19,20). The Morgan fingerprint density at radius 3 is 2.38 bits per heavy atom. The van der Waals surface area contributed by atoms with E-state index in [9.17, 15) is 9.90 Å². The molecule has 0 bridgehead atoms. The van der Waals surface area contributed by atoms with Crippen LogP contribution in [0.3, 0.4) is 0 Å². The number of methoxy groups -OCH3 is 1.